The van der Waals surface area contributed by atoms with E-state index in [4.69, 9.17) is 4.74 Å². The van der Waals surface area contributed by atoms with Gasteiger partial charge in [-0.05, 0) is 31.6 Å². The number of phenolic OH excluding ortho intramolecular Hbond substituents is 1. The largest absolute Gasteiger partial charge is 0.507 e. The van der Waals surface area contributed by atoms with Crippen LogP contribution in [0.4, 0.5) is 0 Å². The van der Waals surface area contributed by atoms with E-state index >= 15 is 0 Å². The van der Waals surface area contributed by atoms with Gasteiger partial charge in [0.1, 0.15) is 11.5 Å². The lowest BCUT2D eigenvalue weighted by molar-refractivity contribution is 0.292. The van der Waals surface area contributed by atoms with E-state index in [1.165, 1.54) is 4.88 Å². The Bertz CT molecular complexity index is 555. The summed E-state index contributed by atoms with van der Waals surface area (Å²) in [6, 6.07) is 9.95. The summed E-state index contributed by atoms with van der Waals surface area (Å²) in [6.45, 7) is 1.46. The number of ether oxygens (including phenoxy) is 1. The summed E-state index contributed by atoms with van der Waals surface area (Å²) in [5.41, 5.74) is 0.875. The van der Waals surface area contributed by atoms with Gasteiger partial charge in [-0.15, -0.1) is 11.3 Å². The normalized spacial score (nSPS) is 12.6. The molecule has 0 aliphatic carbocycles. The minimum atomic E-state index is 0.263. The maximum absolute atomic E-state index is 9.95. The highest BCUT2D eigenvalue weighted by molar-refractivity contribution is 7.10. The Hall–Kier alpha value is -1.56. The molecule has 0 saturated heterocycles. The molecule has 1 unspecified atom stereocenters. The minimum absolute atomic E-state index is 0.263. The molecule has 2 rings (SSSR count). The Morgan fingerprint density at radius 2 is 2.14 bits per heavy atom. The van der Waals surface area contributed by atoms with Crippen LogP contribution in [0.2, 0.25) is 0 Å². The van der Waals surface area contributed by atoms with Crippen LogP contribution in [0.1, 0.15) is 16.5 Å². The van der Waals surface area contributed by atoms with E-state index in [0.29, 0.717) is 18.3 Å². The third-order valence-electron chi connectivity index (χ3n) is 3.44. The summed E-state index contributed by atoms with van der Waals surface area (Å²) in [6.07, 6.45) is 0. The molecule has 0 spiro atoms. The van der Waals surface area contributed by atoms with Gasteiger partial charge in [0.2, 0.25) is 0 Å². The zero-order chi connectivity index (χ0) is 15.2. The second-order valence-electron chi connectivity index (χ2n) is 5.12. The van der Waals surface area contributed by atoms with Crippen LogP contribution in [0.3, 0.4) is 0 Å². The van der Waals surface area contributed by atoms with Gasteiger partial charge in [-0.1, -0.05) is 12.1 Å². The number of nitrogens with one attached hydrogen (secondary N) is 1. The van der Waals surface area contributed by atoms with Crippen molar-refractivity contribution >= 4 is 11.3 Å². The summed E-state index contributed by atoms with van der Waals surface area (Å²) in [7, 11) is 5.75. The van der Waals surface area contributed by atoms with E-state index in [-0.39, 0.29) is 5.75 Å². The van der Waals surface area contributed by atoms with Crippen molar-refractivity contribution in [3.63, 3.8) is 0 Å². The number of methoxy groups -OCH3 is 1. The van der Waals surface area contributed by atoms with Crippen LogP contribution in [-0.2, 0) is 6.54 Å². The second kappa shape index (κ2) is 7.45. The molecule has 1 aromatic heterocycles. The summed E-state index contributed by atoms with van der Waals surface area (Å²) in [5.74, 6) is 0.931. The molecule has 0 bridgehead atoms. The van der Waals surface area contributed by atoms with Crippen molar-refractivity contribution in [2.24, 2.45) is 0 Å². The first-order valence-corrected chi connectivity index (χ1v) is 7.76. The van der Waals surface area contributed by atoms with Gasteiger partial charge in [-0.25, -0.2) is 0 Å². The SMILES string of the molecule is COc1ccc(CNCC(c2cccs2)N(C)C)c(O)c1. The number of benzene rings is 1. The van der Waals surface area contributed by atoms with Crippen molar-refractivity contribution in [3.05, 3.63) is 46.2 Å². The molecule has 2 N–H and O–H groups in total. The molecular weight excluding hydrogens is 284 g/mol. The van der Waals surface area contributed by atoms with Crippen molar-refractivity contribution in [2.45, 2.75) is 12.6 Å². The lowest BCUT2D eigenvalue weighted by Crippen LogP contribution is -2.30. The molecule has 0 aliphatic rings. The maximum Gasteiger partial charge on any atom is 0.123 e. The quantitative estimate of drug-likeness (QED) is 0.825. The molecule has 1 atom stereocenters. The van der Waals surface area contributed by atoms with Gasteiger partial charge in [0.15, 0.2) is 0 Å². The molecule has 0 radical (unpaired) electrons. The summed E-state index contributed by atoms with van der Waals surface area (Å²) in [4.78, 5) is 3.54. The molecule has 114 valence electrons. The number of nitrogens with zero attached hydrogens (tertiary/aromatic N) is 1. The van der Waals surface area contributed by atoms with Crippen LogP contribution in [0.25, 0.3) is 0 Å². The molecule has 1 aromatic carbocycles. The number of phenols is 1. The number of rotatable bonds is 7. The monoisotopic (exact) mass is 306 g/mol. The molecule has 1 heterocycles. The Morgan fingerprint density at radius 1 is 1.33 bits per heavy atom. The first kappa shape index (κ1) is 15.8. The third-order valence-corrected chi connectivity index (χ3v) is 4.41. The van der Waals surface area contributed by atoms with E-state index < -0.39 is 0 Å². The average molecular weight is 306 g/mol. The lowest BCUT2D eigenvalue weighted by atomic mass is 10.1. The lowest BCUT2D eigenvalue weighted by Gasteiger charge is -2.23. The first-order valence-electron chi connectivity index (χ1n) is 6.88. The third kappa shape index (κ3) is 4.20. The predicted molar refractivity (Wildman–Crippen MR) is 87.1 cm³/mol. The topological polar surface area (TPSA) is 44.7 Å². The van der Waals surface area contributed by atoms with Gasteiger partial charge in [0.25, 0.3) is 0 Å². The number of thiophene rings is 1. The van der Waals surface area contributed by atoms with Crippen molar-refractivity contribution in [2.75, 3.05) is 27.7 Å². The van der Waals surface area contributed by atoms with Crippen molar-refractivity contribution < 1.29 is 9.84 Å². The molecule has 2 aromatic rings. The highest BCUT2D eigenvalue weighted by atomic mass is 32.1. The van der Waals surface area contributed by atoms with Crippen molar-refractivity contribution in [1.29, 1.82) is 0 Å². The van der Waals surface area contributed by atoms with Gasteiger partial charge in [0, 0.05) is 29.6 Å². The Labute approximate surface area is 130 Å². The van der Waals surface area contributed by atoms with E-state index in [1.807, 2.05) is 12.1 Å². The van der Waals surface area contributed by atoms with E-state index in [2.05, 4.69) is 41.8 Å². The molecular formula is C16H22N2O2S. The van der Waals surface area contributed by atoms with Crippen LogP contribution in [0.15, 0.2) is 35.7 Å². The number of likely N-dealkylation sites (N-methyl/N-ethyl adjacent to an activating group) is 1. The molecule has 0 fully saturated rings. The van der Waals surface area contributed by atoms with Gasteiger partial charge < -0.3 is 20.1 Å². The minimum Gasteiger partial charge on any atom is -0.507 e. The highest BCUT2D eigenvalue weighted by Gasteiger charge is 2.14. The van der Waals surface area contributed by atoms with Gasteiger partial charge in [-0.3, -0.25) is 0 Å². The number of aromatic hydroxyl groups is 1. The number of hydrogen-bond acceptors (Lipinski definition) is 5. The second-order valence-corrected chi connectivity index (χ2v) is 6.10. The Kier molecular flexibility index (Phi) is 5.61. The van der Waals surface area contributed by atoms with E-state index in [9.17, 15) is 5.11 Å². The summed E-state index contributed by atoms with van der Waals surface area (Å²) < 4.78 is 5.09. The zero-order valence-electron chi connectivity index (χ0n) is 12.7. The fraction of sp³-hybridized carbons (Fsp3) is 0.375. The Balaban J connectivity index is 1.93. The fourth-order valence-corrected chi connectivity index (χ4v) is 3.10. The smallest absolute Gasteiger partial charge is 0.123 e. The van der Waals surface area contributed by atoms with E-state index in [0.717, 1.165) is 12.1 Å². The van der Waals surface area contributed by atoms with Gasteiger partial charge in [0.05, 0.1) is 13.2 Å². The predicted octanol–water partition coefficient (Wildman–Crippen LogP) is 2.85. The maximum atomic E-state index is 9.95. The van der Waals surface area contributed by atoms with E-state index in [1.54, 1.807) is 24.5 Å². The Morgan fingerprint density at radius 3 is 2.71 bits per heavy atom. The standard InChI is InChI=1S/C16H22N2O2S/c1-18(2)14(16-5-4-8-21-16)11-17-10-12-6-7-13(20-3)9-15(12)19/h4-9,14,17,19H,10-11H2,1-3H3. The summed E-state index contributed by atoms with van der Waals surface area (Å²) in [5, 5.41) is 15.5. The van der Waals surface area contributed by atoms with Crippen molar-refractivity contribution in [3.8, 4) is 11.5 Å². The molecule has 0 aliphatic heterocycles. The number of hydrogen-bond donors (Lipinski definition) is 2. The molecule has 0 amide bonds. The highest BCUT2D eigenvalue weighted by Crippen LogP contribution is 2.24. The van der Waals surface area contributed by atoms with Crippen LogP contribution in [0, 0.1) is 0 Å². The van der Waals surface area contributed by atoms with Crippen molar-refractivity contribution in [1.82, 2.24) is 10.2 Å². The van der Waals surface area contributed by atoms with Gasteiger partial charge in [-0.2, -0.15) is 0 Å². The molecule has 4 nitrogen and oxygen atoms in total. The first-order chi connectivity index (χ1) is 10.1. The molecule has 0 saturated carbocycles. The molecule has 5 heteroatoms. The zero-order valence-corrected chi connectivity index (χ0v) is 13.5. The average Bonchev–Trinajstić information content (AvgIpc) is 2.98. The summed E-state index contributed by atoms with van der Waals surface area (Å²) >= 11 is 1.77. The molecule has 21 heavy (non-hydrogen) atoms. The van der Waals surface area contributed by atoms with Gasteiger partial charge >= 0.3 is 0 Å². The van der Waals surface area contributed by atoms with Crippen LogP contribution >= 0.6 is 11.3 Å². The van der Waals surface area contributed by atoms with Crippen LogP contribution < -0.4 is 10.1 Å². The van der Waals surface area contributed by atoms with Crippen LogP contribution in [-0.4, -0.2) is 37.8 Å². The fourth-order valence-electron chi connectivity index (χ4n) is 2.18. The van der Waals surface area contributed by atoms with Crippen LogP contribution in [0.5, 0.6) is 11.5 Å².